The molecule has 7 heteroatoms. The van der Waals surface area contributed by atoms with Crippen LogP contribution in [0.25, 0.3) is 0 Å². The Morgan fingerprint density at radius 1 is 1.00 bits per heavy atom. The van der Waals surface area contributed by atoms with E-state index in [4.69, 9.17) is 0 Å². The molecule has 0 aromatic rings. The van der Waals surface area contributed by atoms with Crippen molar-refractivity contribution in [3.63, 3.8) is 0 Å². The van der Waals surface area contributed by atoms with Crippen molar-refractivity contribution in [2.45, 2.75) is 42.3 Å². The second kappa shape index (κ2) is 9.13. The van der Waals surface area contributed by atoms with E-state index >= 15 is 0 Å². The summed E-state index contributed by atoms with van der Waals surface area (Å²) in [5, 5.41) is 0. The van der Waals surface area contributed by atoms with Gasteiger partial charge in [-0.1, -0.05) is 0 Å². The summed E-state index contributed by atoms with van der Waals surface area (Å²) < 4.78 is 1.92. The molecular weight excluding hydrogens is 443 g/mol. The van der Waals surface area contributed by atoms with Crippen LogP contribution in [0, 0.1) is 0 Å². The van der Waals surface area contributed by atoms with Crippen LogP contribution in [-0.2, 0) is 0 Å². The molecule has 0 aliphatic carbocycles. The third-order valence-corrected chi connectivity index (χ3v) is 58.3. The van der Waals surface area contributed by atoms with Crippen LogP contribution in [0.1, 0.15) is 33.1 Å². The predicted molar refractivity (Wildman–Crippen MR) is 104 cm³/mol. The van der Waals surface area contributed by atoms with Crippen LogP contribution < -0.4 is 0 Å². The van der Waals surface area contributed by atoms with E-state index < -0.39 is 12.8 Å². The third-order valence-electron chi connectivity index (χ3n) is 2.67. The van der Waals surface area contributed by atoms with Gasteiger partial charge in [-0.3, -0.25) is 0 Å². The maximum atomic E-state index is 2.47. The Hall–Kier alpha value is 2.90. The molecule has 0 saturated carbocycles. The molecule has 2 heterocycles. The standard InChI is InChI=1S/2C3H6S2.C3H8S.C2H6S.Sn/c2*4-3-1-2-5-3;1-2-3-4;1-2-3;/h2*3-4H,1-2H2;4H,2-3H2,1H3;3H,2H2,1H3;/q;;;;+4/p-4. The number of thioether (sulfide) groups is 2. The van der Waals surface area contributed by atoms with Gasteiger partial charge in [-0.05, 0) is 0 Å². The minimum atomic E-state index is -2.09. The summed E-state index contributed by atoms with van der Waals surface area (Å²) in [6.45, 7) is 4.71. The molecule has 0 aromatic heterocycles. The van der Waals surface area contributed by atoms with Crippen LogP contribution in [0.5, 0.6) is 0 Å². The maximum absolute atomic E-state index is 2.47. The van der Waals surface area contributed by atoms with Crippen LogP contribution >= 0.6 is 59.3 Å². The van der Waals surface area contributed by atoms with E-state index in [2.05, 4.69) is 73.2 Å². The molecule has 2 fully saturated rings. The van der Waals surface area contributed by atoms with Gasteiger partial charge < -0.3 is 0 Å². The van der Waals surface area contributed by atoms with Gasteiger partial charge in [-0.2, -0.15) is 0 Å². The van der Waals surface area contributed by atoms with Gasteiger partial charge in [0.1, 0.15) is 0 Å². The first-order chi connectivity index (χ1) is 8.78. The fraction of sp³-hybridized carbons (Fsp3) is 1.00. The fourth-order valence-corrected chi connectivity index (χ4v) is 75.3. The molecule has 2 unspecified atom stereocenters. The molecular formula is C11H22S6Sn. The van der Waals surface area contributed by atoms with Crippen LogP contribution in [0.2, 0.25) is 0 Å². The molecule has 0 spiro atoms. The van der Waals surface area contributed by atoms with E-state index in [1.165, 1.54) is 42.3 Å². The van der Waals surface area contributed by atoms with Gasteiger partial charge in [0, 0.05) is 0 Å². The molecule has 0 amide bonds. The fourth-order valence-electron chi connectivity index (χ4n) is 1.55. The topological polar surface area (TPSA) is 0 Å². The third kappa shape index (κ3) is 5.27. The van der Waals surface area contributed by atoms with Crippen molar-refractivity contribution in [1.29, 1.82) is 0 Å². The molecule has 18 heavy (non-hydrogen) atoms. The predicted octanol–water partition coefficient (Wildman–Crippen LogP) is 5.71. The molecule has 2 atom stereocenters. The van der Waals surface area contributed by atoms with Crippen molar-refractivity contribution < 1.29 is 0 Å². The number of rotatable bonds is 9. The zero-order chi connectivity index (χ0) is 12.8. The van der Waals surface area contributed by atoms with Gasteiger partial charge in [0.25, 0.3) is 0 Å². The first-order valence-corrected chi connectivity index (χ1v) is 26.5. The molecule has 0 nitrogen and oxygen atoms in total. The summed E-state index contributed by atoms with van der Waals surface area (Å²) in [6.07, 6.45) is 4.30. The van der Waals surface area contributed by atoms with Gasteiger partial charge in [0.2, 0.25) is 0 Å². The Morgan fingerprint density at radius 2 is 1.56 bits per heavy atom. The van der Waals surface area contributed by atoms with Crippen LogP contribution in [0.4, 0.5) is 0 Å². The molecule has 106 valence electrons. The molecule has 0 aromatic carbocycles. The van der Waals surface area contributed by atoms with Crippen molar-refractivity contribution in [2.24, 2.45) is 0 Å². The minimum absolute atomic E-state index is 0.960. The molecule has 2 aliphatic heterocycles. The van der Waals surface area contributed by atoms with Crippen molar-refractivity contribution in [2.75, 3.05) is 23.0 Å². The molecule has 0 bridgehead atoms. The van der Waals surface area contributed by atoms with E-state index in [1.807, 2.05) is 0 Å². The number of hydrogen-bond acceptors (Lipinski definition) is 6. The summed E-state index contributed by atoms with van der Waals surface area (Å²) in [5.41, 5.74) is 0. The van der Waals surface area contributed by atoms with Gasteiger partial charge in [-0.15, -0.1) is 0 Å². The molecule has 0 N–H and O–H groups in total. The van der Waals surface area contributed by atoms with Crippen molar-refractivity contribution in [3.8, 4) is 0 Å². The van der Waals surface area contributed by atoms with Gasteiger partial charge in [0.15, 0.2) is 0 Å². The Labute approximate surface area is 136 Å². The molecule has 2 aliphatic rings. The second-order valence-electron chi connectivity index (χ2n) is 4.20. The molecule has 2 saturated heterocycles. The monoisotopic (exact) mass is 466 g/mol. The Balaban J connectivity index is 1.93. The van der Waals surface area contributed by atoms with E-state index in [9.17, 15) is 0 Å². The van der Waals surface area contributed by atoms with Crippen molar-refractivity contribution in [1.82, 2.24) is 0 Å². The zero-order valence-electron chi connectivity index (χ0n) is 11.1. The van der Waals surface area contributed by atoms with E-state index in [0.717, 1.165) is 9.16 Å². The van der Waals surface area contributed by atoms with Crippen LogP contribution in [-0.4, -0.2) is 45.0 Å². The SMILES string of the molecule is CCC[S][Sn]([S]CC)([S]C1CCS1)[S]C1CCS1. The van der Waals surface area contributed by atoms with Gasteiger partial charge in [-0.25, -0.2) is 0 Å². The second-order valence-corrected chi connectivity index (χ2v) is 49.3. The van der Waals surface area contributed by atoms with Crippen LogP contribution in [0.3, 0.4) is 0 Å². The van der Waals surface area contributed by atoms with Gasteiger partial charge >= 0.3 is 137 Å². The zero-order valence-corrected chi connectivity index (χ0v) is 18.8. The van der Waals surface area contributed by atoms with Crippen molar-refractivity contribution in [3.05, 3.63) is 0 Å². The Bertz CT molecular complexity index is 228. The summed E-state index contributed by atoms with van der Waals surface area (Å²) >= 11 is 2.33. The normalized spacial score (nSPS) is 30.3. The summed E-state index contributed by atoms with van der Waals surface area (Å²) in [5.74, 6) is 5.56. The van der Waals surface area contributed by atoms with Crippen LogP contribution in [0.15, 0.2) is 0 Å². The number of hydrogen-bond donors (Lipinski definition) is 0. The first kappa shape index (κ1) is 17.3. The van der Waals surface area contributed by atoms with E-state index in [1.54, 1.807) is 0 Å². The quantitative estimate of drug-likeness (QED) is 0.397. The van der Waals surface area contributed by atoms with Gasteiger partial charge in [0.05, 0.1) is 0 Å². The average Bonchev–Trinajstić information content (AvgIpc) is 2.26. The molecule has 2 rings (SSSR count). The molecule has 0 radical (unpaired) electrons. The summed E-state index contributed by atoms with van der Waals surface area (Å²) in [7, 11) is 9.75. The summed E-state index contributed by atoms with van der Waals surface area (Å²) in [6, 6.07) is 0. The first-order valence-electron chi connectivity index (χ1n) is 6.64. The van der Waals surface area contributed by atoms with E-state index in [-0.39, 0.29) is 0 Å². The average molecular weight is 465 g/mol. The Kier molecular flexibility index (Phi) is 8.75. The van der Waals surface area contributed by atoms with E-state index in [0.29, 0.717) is 0 Å². The summed E-state index contributed by atoms with van der Waals surface area (Å²) in [4.78, 5) is 0. The van der Waals surface area contributed by atoms with Crippen molar-refractivity contribution >= 4 is 72.2 Å². The Morgan fingerprint density at radius 3 is 1.89 bits per heavy atom.